The molecule has 24 heavy (non-hydrogen) atoms. The second-order valence-electron chi connectivity index (χ2n) is 5.70. The largest absolute Gasteiger partial charge is 0.497 e. The fourth-order valence-corrected chi connectivity index (χ4v) is 2.91. The van der Waals surface area contributed by atoms with E-state index in [1.807, 2.05) is 30.5 Å². The van der Waals surface area contributed by atoms with Crippen LogP contribution in [0.15, 0.2) is 78.9 Å². The van der Waals surface area contributed by atoms with Gasteiger partial charge >= 0.3 is 0 Å². The molecule has 0 aliphatic carbocycles. The summed E-state index contributed by atoms with van der Waals surface area (Å²) in [4.78, 5) is 0. The predicted octanol–water partition coefficient (Wildman–Crippen LogP) is 3.29. The average Bonchev–Trinajstić information content (AvgIpc) is 2.64. The molecular formula is C22H18O2. The average molecular weight is 314 g/mol. The molecule has 3 aromatic carbocycles. The zero-order valence-electron chi connectivity index (χ0n) is 13.3. The summed E-state index contributed by atoms with van der Waals surface area (Å²) >= 11 is 0. The number of hydrogen-bond acceptors (Lipinski definition) is 2. The van der Waals surface area contributed by atoms with Crippen molar-refractivity contribution in [3.63, 3.8) is 0 Å². The highest BCUT2D eigenvalue weighted by Gasteiger charge is 2.08. The zero-order valence-corrected chi connectivity index (χ0v) is 13.3. The summed E-state index contributed by atoms with van der Waals surface area (Å²) in [6.45, 7) is 1.10. The number of ether oxygens (including phenoxy) is 2. The number of fused-ring (bicyclic) bond motifs is 1. The minimum atomic E-state index is 0.542. The minimum absolute atomic E-state index is 0.542. The van der Waals surface area contributed by atoms with E-state index in [0.29, 0.717) is 13.2 Å². The Kier molecular flexibility index (Phi) is 4.03. The highest BCUT2D eigenvalue weighted by atomic mass is 16.5. The van der Waals surface area contributed by atoms with Crippen molar-refractivity contribution in [3.8, 4) is 11.1 Å². The molecule has 0 aromatic heterocycles. The Morgan fingerprint density at radius 3 is 2.08 bits per heavy atom. The molecule has 0 bridgehead atoms. The highest BCUT2D eigenvalue weighted by molar-refractivity contribution is 5.68. The molecule has 2 nitrogen and oxygen atoms in total. The van der Waals surface area contributed by atoms with E-state index >= 15 is 0 Å². The van der Waals surface area contributed by atoms with Crippen LogP contribution in [-0.4, -0.2) is 13.2 Å². The van der Waals surface area contributed by atoms with Gasteiger partial charge in [-0.05, 0) is 11.1 Å². The Labute approximate surface area is 141 Å². The summed E-state index contributed by atoms with van der Waals surface area (Å²) in [6.07, 6.45) is 1.82. The third-order valence-electron chi connectivity index (χ3n) is 4.12. The van der Waals surface area contributed by atoms with Crippen molar-refractivity contribution in [2.75, 3.05) is 13.2 Å². The van der Waals surface area contributed by atoms with Crippen LogP contribution in [-0.2, 0) is 9.47 Å². The van der Waals surface area contributed by atoms with Gasteiger partial charge < -0.3 is 9.47 Å². The Balaban J connectivity index is 1.82. The van der Waals surface area contributed by atoms with Crippen molar-refractivity contribution < 1.29 is 9.47 Å². The summed E-state index contributed by atoms with van der Waals surface area (Å²) < 4.78 is 11.5. The molecule has 0 saturated heterocycles. The molecule has 0 atom stereocenters. The van der Waals surface area contributed by atoms with Crippen molar-refractivity contribution in [2.24, 2.45) is 0 Å². The Hall–Kier alpha value is -3.00. The summed E-state index contributed by atoms with van der Waals surface area (Å²) in [7, 11) is 0. The molecule has 0 saturated carbocycles. The second kappa shape index (κ2) is 6.63. The molecule has 0 spiro atoms. The molecule has 0 N–H and O–H groups in total. The van der Waals surface area contributed by atoms with Crippen molar-refractivity contribution in [1.29, 1.82) is 0 Å². The lowest BCUT2D eigenvalue weighted by Gasteiger charge is -2.14. The summed E-state index contributed by atoms with van der Waals surface area (Å²) in [5, 5.41) is 2.10. The second-order valence-corrected chi connectivity index (χ2v) is 5.70. The van der Waals surface area contributed by atoms with Crippen molar-refractivity contribution >= 4 is 12.0 Å². The number of hydrogen-bond donors (Lipinski definition) is 0. The molecule has 0 amide bonds. The topological polar surface area (TPSA) is 18.5 Å². The van der Waals surface area contributed by atoms with E-state index in [4.69, 9.17) is 9.47 Å². The molecule has 0 fully saturated rings. The zero-order chi connectivity index (χ0) is 16.2. The van der Waals surface area contributed by atoms with Crippen LogP contribution in [0.25, 0.3) is 23.1 Å². The lowest BCUT2D eigenvalue weighted by atomic mass is 10.0. The van der Waals surface area contributed by atoms with Crippen LogP contribution in [0.4, 0.5) is 0 Å². The van der Waals surface area contributed by atoms with Gasteiger partial charge in [-0.3, -0.25) is 0 Å². The quantitative estimate of drug-likeness (QED) is 0.722. The van der Waals surface area contributed by atoms with Crippen LogP contribution in [0.1, 0.15) is 5.56 Å². The first-order valence-corrected chi connectivity index (χ1v) is 8.12. The van der Waals surface area contributed by atoms with Crippen LogP contribution in [0, 0.1) is 0 Å². The highest BCUT2D eigenvalue weighted by Crippen LogP contribution is 2.22. The monoisotopic (exact) mass is 314 g/mol. The van der Waals surface area contributed by atoms with Crippen molar-refractivity contribution in [2.45, 2.75) is 0 Å². The molecular weight excluding hydrogens is 296 g/mol. The lowest BCUT2D eigenvalue weighted by Crippen LogP contribution is -2.30. The maximum Gasteiger partial charge on any atom is 0.134 e. The molecule has 3 aromatic rings. The molecule has 2 heteroatoms. The van der Waals surface area contributed by atoms with Gasteiger partial charge in [0.25, 0.3) is 0 Å². The third kappa shape index (κ3) is 2.91. The van der Waals surface area contributed by atoms with Crippen molar-refractivity contribution in [3.05, 3.63) is 94.9 Å². The van der Waals surface area contributed by atoms with Gasteiger partial charge in [0.2, 0.25) is 0 Å². The Morgan fingerprint density at radius 1 is 0.583 bits per heavy atom. The fraction of sp³-hybridized carbons (Fsp3) is 0.0909. The summed E-state index contributed by atoms with van der Waals surface area (Å²) in [5.41, 5.74) is 3.50. The molecule has 0 radical (unpaired) electrons. The minimum Gasteiger partial charge on any atom is -0.497 e. The van der Waals surface area contributed by atoms with E-state index in [0.717, 1.165) is 21.8 Å². The Morgan fingerprint density at radius 2 is 1.25 bits per heavy atom. The molecule has 1 aliphatic heterocycles. The van der Waals surface area contributed by atoms with Gasteiger partial charge in [0.15, 0.2) is 0 Å². The van der Waals surface area contributed by atoms with Crippen LogP contribution >= 0.6 is 0 Å². The van der Waals surface area contributed by atoms with Gasteiger partial charge in [-0.25, -0.2) is 0 Å². The van der Waals surface area contributed by atoms with E-state index < -0.39 is 0 Å². The van der Waals surface area contributed by atoms with E-state index in [1.165, 1.54) is 11.1 Å². The molecule has 118 valence electrons. The van der Waals surface area contributed by atoms with Crippen LogP contribution in [0.3, 0.4) is 0 Å². The smallest absolute Gasteiger partial charge is 0.134 e. The first kappa shape index (κ1) is 14.6. The Bertz CT molecular complexity index is 941. The fourth-order valence-electron chi connectivity index (χ4n) is 2.91. The molecule has 1 aliphatic rings. The van der Waals surface area contributed by atoms with Crippen molar-refractivity contribution in [1.82, 2.24) is 0 Å². The van der Waals surface area contributed by atoms with Gasteiger partial charge in [-0.1, -0.05) is 78.9 Å². The van der Waals surface area contributed by atoms with Gasteiger partial charge in [-0.2, -0.15) is 0 Å². The number of rotatable bonds is 2. The summed E-state index contributed by atoms with van der Waals surface area (Å²) in [6, 6.07) is 27.1. The van der Waals surface area contributed by atoms with Gasteiger partial charge in [-0.15, -0.1) is 0 Å². The predicted molar refractivity (Wildman–Crippen MR) is 96.4 cm³/mol. The maximum atomic E-state index is 6.01. The molecule has 0 unspecified atom stereocenters. The van der Waals surface area contributed by atoms with Gasteiger partial charge in [0, 0.05) is 16.0 Å². The number of benzene rings is 3. The van der Waals surface area contributed by atoms with Gasteiger partial charge in [0.1, 0.15) is 19.0 Å². The molecule has 4 rings (SSSR count). The van der Waals surface area contributed by atoms with E-state index in [-0.39, 0.29) is 0 Å². The third-order valence-corrected chi connectivity index (χ3v) is 4.12. The van der Waals surface area contributed by atoms with Gasteiger partial charge in [0.05, 0.1) is 6.26 Å². The summed E-state index contributed by atoms with van der Waals surface area (Å²) in [5.74, 6) is 0.907. The normalized spacial score (nSPS) is 17.2. The van der Waals surface area contributed by atoms with E-state index in [2.05, 4.69) is 54.6 Å². The van der Waals surface area contributed by atoms with Crippen LogP contribution < -0.4 is 10.4 Å². The first-order chi connectivity index (χ1) is 11.9. The lowest BCUT2D eigenvalue weighted by molar-refractivity contribution is 0.179. The van der Waals surface area contributed by atoms with E-state index in [1.54, 1.807) is 0 Å². The van der Waals surface area contributed by atoms with Crippen LogP contribution in [0.5, 0.6) is 0 Å². The molecule has 1 heterocycles. The SMILES string of the molecule is C1=c2/cccc/c2=C(\c2ccc(-c3ccccc3)cc2)OCCO/1. The maximum absolute atomic E-state index is 6.01. The standard InChI is InChI=1S/C22H18O2/c1-2-6-17(7-3-1)18-10-12-19(13-11-18)22-21-9-5-4-8-20(21)16-23-14-15-24-22/h1-13,16H,14-15H2/b20-16-,22-21-. The first-order valence-electron chi connectivity index (χ1n) is 8.12. The van der Waals surface area contributed by atoms with Crippen LogP contribution in [0.2, 0.25) is 0 Å². The van der Waals surface area contributed by atoms with E-state index in [9.17, 15) is 0 Å².